The van der Waals surface area contributed by atoms with Gasteiger partial charge in [-0.1, -0.05) is 30.3 Å². The molecule has 0 saturated carbocycles. The van der Waals surface area contributed by atoms with Gasteiger partial charge in [-0.3, -0.25) is 0 Å². The molecule has 1 N–H and O–H groups in total. The number of ether oxygens (including phenoxy) is 1. The molecule has 1 aromatic heterocycles. The van der Waals surface area contributed by atoms with Gasteiger partial charge in [0, 0.05) is 50.0 Å². The van der Waals surface area contributed by atoms with E-state index < -0.39 is 12.1 Å². The summed E-state index contributed by atoms with van der Waals surface area (Å²) in [6.07, 6.45) is -1.39. The lowest BCUT2D eigenvalue weighted by Crippen LogP contribution is -2.29. The monoisotopic (exact) mass is 397 g/mol. The molecule has 0 fully saturated rings. The number of aliphatic carboxylic acids is 1. The third-order valence-electron chi connectivity index (χ3n) is 4.28. The van der Waals surface area contributed by atoms with Gasteiger partial charge in [0.15, 0.2) is 0 Å². The SMILES string of the molecule is COCCN1CCc2ncnc(-c3ccccc3)c2CC1.O=C(O)C(F)(F)F. The van der Waals surface area contributed by atoms with Crippen LogP contribution >= 0.6 is 0 Å². The average Bonchev–Trinajstić information content (AvgIpc) is 2.89. The summed E-state index contributed by atoms with van der Waals surface area (Å²) < 4.78 is 36.9. The molecule has 1 aliphatic heterocycles. The minimum absolute atomic E-state index is 0.785. The van der Waals surface area contributed by atoms with Crippen LogP contribution in [0.5, 0.6) is 0 Å². The van der Waals surface area contributed by atoms with Crippen LogP contribution in [0, 0.1) is 0 Å². The highest BCUT2D eigenvalue weighted by Crippen LogP contribution is 2.25. The quantitative estimate of drug-likeness (QED) is 0.855. The van der Waals surface area contributed by atoms with Gasteiger partial charge in [0.05, 0.1) is 12.3 Å². The minimum atomic E-state index is -5.08. The predicted octanol–water partition coefficient (Wildman–Crippen LogP) is 2.82. The standard InChI is InChI=1S/C17H21N3O.C2HF3O2/c1-21-12-11-20-9-7-15-16(8-10-20)18-13-19-17(15)14-5-3-2-4-6-14;3-2(4,5)1(6)7/h2-6,13H,7-12H2,1H3;(H,6,7). The summed E-state index contributed by atoms with van der Waals surface area (Å²) in [7, 11) is 1.76. The van der Waals surface area contributed by atoms with Crippen LogP contribution < -0.4 is 0 Å². The van der Waals surface area contributed by atoms with Crippen molar-refractivity contribution in [2.24, 2.45) is 0 Å². The van der Waals surface area contributed by atoms with Crippen molar-refractivity contribution in [3.63, 3.8) is 0 Å². The number of fused-ring (bicyclic) bond motifs is 1. The van der Waals surface area contributed by atoms with Crippen LogP contribution in [-0.4, -0.2) is 65.5 Å². The van der Waals surface area contributed by atoms with Crippen molar-refractivity contribution in [3.8, 4) is 11.3 Å². The molecule has 0 saturated heterocycles. The molecule has 1 aliphatic rings. The first-order chi connectivity index (χ1) is 13.3. The molecule has 9 heteroatoms. The number of hydrogen-bond acceptors (Lipinski definition) is 5. The van der Waals surface area contributed by atoms with Crippen LogP contribution in [0.1, 0.15) is 11.3 Å². The Labute approximate surface area is 161 Å². The first-order valence-electron chi connectivity index (χ1n) is 8.72. The Bertz CT molecular complexity index is 770. The Balaban J connectivity index is 0.000000345. The van der Waals surface area contributed by atoms with Crippen molar-refractivity contribution in [1.82, 2.24) is 14.9 Å². The second-order valence-electron chi connectivity index (χ2n) is 6.15. The predicted molar refractivity (Wildman–Crippen MR) is 96.9 cm³/mol. The van der Waals surface area contributed by atoms with E-state index in [0.29, 0.717) is 0 Å². The summed E-state index contributed by atoms with van der Waals surface area (Å²) in [4.78, 5) is 20.4. The number of methoxy groups -OCH3 is 1. The molecule has 0 amide bonds. The number of benzene rings is 1. The number of carboxylic acid groups (broad SMARTS) is 1. The summed E-state index contributed by atoms with van der Waals surface area (Å²) in [5, 5.41) is 7.12. The van der Waals surface area contributed by atoms with Gasteiger partial charge in [-0.05, 0) is 6.42 Å². The Morgan fingerprint density at radius 3 is 2.43 bits per heavy atom. The van der Waals surface area contributed by atoms with E-state index in [2.05, 4.69) is 39.1 Å². The highest BCUT2D eigenvalue weighted by Gasteiger charge is 2.38. The fourth-order valence-corrected chi connectivity index (χ4v) is 2.86. The maximum Gasteiger partial charge on any atom is 0.490 e. The summed E-state index contributed by atoms with van der Waals surface area (Å²) in [6.45, 7) is 3.86. The van der Waals surface area contributed by atoms with E-state index in [1.165, 1.54) is 16.8 Å². The van der Waals surface area contributed by atoms with Gasteiger partial charge in [0.2, 0.25) is 0 Å². The molecule has 28 heavy (non-hydrogen) atoms. The van der Waals surface area contributed by atoms with Crippen molar-refractivity contribution >= 4 is 5.97 Å². The molecule has 0 radical (unpaired) electrons. The van der Waals surface area contributed by atoms with Crippen molar-refractivity contribution in [1.29, 1.82) is 0 Å². The first-order valence-corrected chi connectivity index (χ1v) is 8.72. The maximum absolute atomic E-state index is 10.6. The van der Waals surface area contributed by atoms with Crippen molar-refractivity contribution in [2.45, 2.75) is 19.0 Å². The highest BCUT2D eigenvalue weighted by atomic mass is 19.4. The highest BCUT2D eigenvalue weighted by molar-refractivity contribution is 5.73. The average molecular weight is 397 g/mol. The van der Waals surface area contributed by atoms with E-state index in [0.717, 1.165) is 44.8 Å². The number of carbonyl (C=O) groups is 1. The van der Waals surface area contributed by atoms with Gasteiger partial charge >= 0.3 is 12.1 Å². The molecular weight excluding hydrogens is 375 g/mol. The lowest BCUT2D eigenvalue weighted by Gasteiger charge is -2.18. The zero-order chi connectivity index (χ0) is 20.6. The third-order valence-corrected chi connectivity index (χ3v) is 4.28. The van der Waals surface area contributed by atoms with Crippen LogP contribution in [-0.2, 0) is 22.4 Å². The number of alkyl halides is 3. The number of rotatable bonds is 4. The Morgan fingerprint density at radius 1 is 1.18 bits per heavy atom. The molecule has 0 unspecified atom stereocenters. The molecule has 0 bridgehead atoms. The number of hydrogen-bond donors (Lipinski definition) is 1. The summed E-state index contributed by atoms with van der Waals surface area (Å²) in [5.74, 6) is -2.76. The van der Waals surface area contributed by atoms with E-state index in [9.17, 15) is 13.2 Å². The van der Waals surface area contributed by atoms with Crippen LogP contribution in [0.4, 0.5) is 13.2 Å². The van der Waals surface area contributed by atoms with Crippen LogP contribution in [0.3, 0.4) is 0 Å². The second-order valence-corrected chi connectivity index (χ2v) is 6.15. The Kier molecular flexibility index (Phi) is 7.89. The zero-order valence-electron chi connectivity index (χ0n) is 15.4. The van der Waals surface area contributed by atoms with E-state index in [4.69, 9.17) is 14.6 Å². The molecule has 1 aromatic carbocycles. The summed E-state index contributed by atoms with van der Waals surface area (Å²) in [6, 6.07) is 10.4. The normalized spacial score (nSPS) is 14.4. The smallest absolute Gasteiger partial charge is 0.475 e. The number of nitrogens with zero attached hydrogens (tertiary/aromatic N) is 3. The lowest BCUT2D eigenvalue weighted by atomic mass is 10.0. The van der Waals surface area contributed by atoms with Crippen LogP contribution in [0.25, 0.3) is 11.3 Å². The van der Waals surface area contributed by atoms with E-state index in [-0.39, 0.29) is 0 Å². The minimum Gasteiger partial charge on any atom is -0.475 e. The third kappa shape index (κ3) is 6.28. The fraction of sp³-hybridized carbons (Fsp3) is 0.421. The van der Waals surface area contributed by atoms with Crippen molar-refractivity contribution in [3.05, 3.63) is 47.9 Å². The number of halogens is 3. The van der Waals surface area contributed by atoms with Gasteiger partial charge in [-0.15, -0.1) is 0 Å². The Morgan fingerprint density at radius 2 is 1.82 bits per heavy atom. The molecule has 0 spiro atoms. The summed E-state index contributed by atoms with van der Waals surface area (Å²) in [5.41, 5.74) is 4.78. The van der Waals surface area contributed by atoms with Crippen LogP contribution in [0.15, 0.2) is 36.7 Å². The Hall–Kier alpha value is -2.52. The molecule has 2 heterocycles. The first kappa shape index (κ1) is 21.8. The van der Waals surface area contributed by atoms with Gasteiger partial charge in [0.1, 0.15) is 6.33 Å². The molecule has 152 valence electrons. The molecule has 0 aliphatic carbocycles. The fourth-order valence-electron chi connectivity index (χ4n) is 2.86. The zero-order valence-corrected chi connectivity index (χ0v) is 15.4. The molecule has 0 atom stereocenters. The van der Waals surface area contributed by atoms with E-state index in [1.807, 2.05) is 6.07 Å². The molecular formula is C19H22F3N3O3. The molecule has 3 rings (SSSR count). The van der Waals surface area contributed by atoms with Gasteiger partial charge in [-0.2, -0.15) is 13.2 Å². The van der Waals surface area contributed by atoms with Crippen molar-refractivity contribution in [2.75, 3.05) is 33.4 Å². The number of carboxylic acids is 1. The largest absolute Gasteiger partial charge is 0.490 e. The van der Waals surface area contributed by atoms with E-state index >= 15 is 0 Å². The van der Waals surface area contributed by atoms with Gasteiger partial charge < -0.3 is 14.7 Å². The lowest BCUT2D eigenvalue weighted by molar-refractivity contribution is -0.192. The van der Waals surface area contributed by atoms with E-state index in [1.54, 1.807) is 13.4 Å². The van der Waals surface area contributed by atoms with Gasteiger partial charge in [-0.25, -0.2) is 14.8 Å². The van der Waals surface area contributed by atoms with Gasteiger partial charge in [0.25, 0.3) is 0 Å². The molecule has 2 aromatic rings. The topological polar surface area (TPSA) is 75.5 Å². The maximum atomic E-state index is 10.6. The summed E-state index contributed by atoms with van der Waals surface area (Å²) >= 11 is 0. The second kappa shape index (κ2) is 10.1. The number of aromatic nitrogens is 2. The van der Waals surface area contributed by atoms with Crippen molar-refractivity contribution < 1.29 is 27.8 Å². The molecule has 6 nitrogen and oxygen atoms in total. The van der Waals surface area contributed by atoms with Crippen LogP contribution in [0.2, 0.25) is 0 Å².